The molecule has 5 heterocycles. The van der Waals surface area contributed by atoms with Gasteiger partial charge in [0.2, 0.25) is 0 Å². The van der Waals surface area contributed by atoms with Crippen molar-refractivity contribution in [3.8, 4) is 10.6 Å². The number of pyridine rings is 1. The van der Waals surface area contributed by atoms with Crippen molar-refractivity contribution in [1.82, 2.24) is 24.8 Å². The van der Waals surface area contributed by atoms with E-state index in [2.05, 4.69) is 20.2 Å². The van der Waals surface area contributed by atoms with Crippen LogP contribution in [-0.4, -0.2) is 69.9 Å². The molecule has 0 aromatic carbocycles. The Bertz CT molecular complexity index is 1140. The summed E-state index contributed by atoms with van der Waals surface area (Å²) in [6.45, 7) is 6.49. The molecule has 0 aliphatic carbocycles. The smallest absolute Gasteiger partial charge is 0.409 e. The van der Waals surface area contributed by atoms with Gasteiger partial charge < -0.3 is 19.7 Å². The first-order valence-electron chi connectivity index (χ1n) is 11.3. The van der Waals surface area contributed by atoms with Gasteiger partial charge in [-0.25, -0.2) is 19.7 Å². The number of aryl methyl sites for hydroxylation is 2. The van der Waals surface area contributed by atoms with E-state index in [1.165, 1.54) is 7.11 Å². The average Bonchev–Trinajstić information content (AvgIpc) is 3.49. The minimum absolute atomic E-state index is 0. The number of nitrogens with zero attached hydrogens (tertiary/aromatic N) is 5. The lowest BCUT2D eigenvalue weighted by Crippen LogP contribution is -2.55. The average molecular weight is 503 g/mol. The molecule has 182 valence electrons. The lowest BCUT2D eigenvalue weighted by atomic mass is 10.2. The molecule has 0 unspecified atom stereocenters. The molecule has 1 amide bonds. The van der Waals surface area contributed by atoms with Crippen LogP contribution in [0.5, 0.6) is 0 Å². The molecule has 9 nitrogen and oxygen atoms in total. The first-order chi connectivity index (χ1) is 16.5. The Balaban J connectivity index is 0.00000289. The lowest BCUT2D eigenvalue weighted by Gasteiger charge is -2.39. The van der Waals surface area contributed by atoms with Gasteiger partial charge >= 0.3 is 6.09 Å². The number of nitrogens with one attached hydrogen (secondary N) is 1. The summed E-state index contributed by atoms with van der Waals surface area (Å²) in [6.07, 6.45) is 3.77. The molecule has 3 aromatic heterocycles. The van der Waals surface area contributed by atoms with E-state index in [9.17, 15) is 4.79 Å². The number of likely N-dealkylation sites (tertiary alicyclic amines) is 1. The highest BCUT2D eigenvalue weighted by Crippen LogP contribution is 2.33. The number of piperazine rings is 1. The number of ether oxygens (including phenoxy) is 2. The number of aromatic nitrogens is 3. The molecule has 2 aliphatic rings. The van der Waals surface area contributed by atoms with Crippen molar-refractivity contribution in [3.05, 3.63) is 40.0 Å². The van der Waals surface area contributed by atoms with Gasteiger partial charge in [0, 0.05) is 38.2 Å². The van der Waals surface area contributed by atoms with Crippen LogP contribution in [0.2, 0.25) is 0 Å². The van der Waals surface area contributed by atoms with Crippen molar-refractivity contribution in [2.45, 2.75) is 45.4 Å². The van der Waals surface area contributed by atoms with Gasteiger partial charge in [-0.05, 0) is 38.3 Å². The van der Waals surface area contributed by atoms with Crippen LogP contribution in [0, 0.1) is 13.8 Å². The van der Waals surface area contributed by atoms with E-state index in [1.807, 2.05) is 37.6 Å². The molecule has 3 aromatic rings. The van der Waals surface area contributed by atoms with Crippen LogP contribution in [0.3, 0.4) is 0 Å². The fourth-order valence-corrected chi connectivity index (χ4v) is 6.31. The molecule has 2 saturated heterocycles. The van der Waals surface area contributed by atoms with E-state index in [0.29, 0.717) is 38.5 Å². The SMILES string of the molecule is COC(=O)N1C[C@H]2CC[C@@H](C1)N2COCc1ccc(Nc2nc(-c3sc(C)nc3C)cs2)nc1.[HH]. The largest absolute Gasteiger partial charge is 0.453 e. The van der Waals surface area contributed by atoms with Gasteiger partial charge in [0.25, 0.3) is 0 Å². The van der Waals surface area contributed by atoms with Crippen molar-refractivity contribution in [2.24, 2.45) is 0 Å². The molecule has 2 fully saturated rings. The van der Waals surface area contributed by atoms with Crippen molar-refractivity contribution >= 4 is 39.7 Å². The zero-order valence-electron chi connectivity index (χ0n) is 19.5. The van der Waals surface area contributed by atoms with Crippen molar-refractivity contribution < 1.29 is 15.7 Å². The van der Waals surface area contributed by atoms with Gasteiger partial charge in [-0.15, -0.1) is 22.7 Å². The molecule has 11 heteroatoms. The van der Waals surface area contributed by atoms with E-state index in [4.69, 9.17) is 14.5 Å². The molecule has 34 heavy (non-hydrogen) atoms. The van der Waals surface area contributed by atoms with Crippen LogP contribution in [0.1, 0.15) is 30.5 Å². The molecule has 2 aliphatic heterocycles. The Morgan fingerprint density at radius 2 is 2.03 bits per heavy atom. The van der Waals surface area contributed by atoms with Crippen molar-refractivity contribution in [3.63, 3.8) is 0 Å². The van der Waals surface area contributed by atoms with Crippen LogP contribution in [0.25, 0.3) is 10.6 Å². The lowest BCUT2D eigenvalue weighted by molar-refractivity contribution is -0.0387. The van der Waals surface area contributed by atoms with Crippen LogP contribution in [-0.2, 0) is 16.1 Å². The van der Waals surface area contributed by atoms with E-state index < -0.39 is 0 Å². The zero-order chi connectivity index (χ0) is 23.7. The van der Waals surface area contributed by atoms with Crippen LogP contribution in [0.4, 0.5) is 15.7 Å². The second-order valence-electron chi connectivity index (χ2n) is 8.61. The number of carbonyl (C=O) groups is 1. The fourth-order valence-electron chi connectivity index (χ4n) is 4.65. The Labute approximate surface area is 208 Å². The van der Waals surface area contributed by atoms with Crippen molar-refractivity contribution in [2.75, 3.05) is 32.2 Å². The summed E-state index contributed by atoms with van der Waals surface area (Å²) >= 11 is 3.22. The van der Waals surface area contributed by atoms with Gasteiger partial charge in [-0.2, -0.15) is 0 Å². The number of hydrogen-bond donors (Lipinski definition) is 1. The Morgan fingerprint density at radius 1 is 1.24 bits per heavy atom. The van der Waals surface area contributed by atoms with Crippen LogP contribution < -0.4 is 5.32 Å². The summed E-state index contributed by atoms with van der Waals surface area (Å²) in [5, 5.41) is 7.18. The predicted molar refractivity (Wildman–Crippen MR) is 135 cm³/mol. The second-order valence-corrected chi connectivity index (χ2v) is 10.7. The van der Waals surface area contributed by atoms with Crippen LogP contribution >= 0.6 is 22.7 Å². The predicted octanol–water partition coefficient (Wildman–Crippen LogP) is 4.66. The molecular formula is C23H30N6O3S2. The third-order valence-corrected chi connectivity index (χ3v) is 8.13. The van der Waals surface area contributed by atoms with E-state index in [-0.39, 0.29) is 7.52 Å². The normalized spacial score (nSPS) is 20.0. The maximum atomic E-state index is 11.9. The van der Waals surface area contributed by atoms with Gasteiger partial charge in [0.1, 0.15) is 12.5 Å². The molecule has 2 atom stereocenters. The Kier molecular flexibility index (Phi) is 6.77. The summed E-state index contributed by atoms with van der Waals surface area (Å²) in [6, 6.07) is 4.64. The van der Waals surface area contributed by atoms with E-state index in [1.54, 1.807) is 27.6 Å². The van der Waals surface area contributed by atoms with Crippen molar-refractivity contribution in [1.29, 1.82) is 0 Å². The summed E-state index contributed by atoms with van der Waals surface area (Å²) in [5.41, 5.74) is 2.98. The zero-order valence-corrected chi connectivity index (χ0v) is 21.1. The number of anilines is 2. The van der Waals surface area contributed by atoms with E-state index >= 15 is 0 Å². The summed E-state index contributed by atoms with van der Waals surface area (Å²) in [4.78, 5) is 30.8. The minimum Gasteiger partial charge on any atom is -0.453 e. The van der Waals surface area contributed by atoms with E-state index in [0.717, 1.165) is 50.6 Å². The molecule has 5 rings (SSSR count). The van der Waals surface area contributed by atoms with Gasteiger partial charge in [-0.1, -0.05) is 6.07 Å². The summed E-state index contributed by atoms with van der Waals surface area (Å²) in [5.74, 6) is 0.749. The highest BCUT2D eigenvalue weighted by Gasteiger charge is 2.41. The maximum Gasteiger partial charge on any atom is 0.409 e. The Hall–Kier alpha value is -2.60. The molecule has 2 bridgehead atoms. The summed E-state index contributed by atoms with van der Waals surface area (Å²) < 4.78 is 10.9. The third kappa shape index (κ3) is 4.92. The summed E-state index contributed by atoms with van der Waals surface area (Å²) in [7, 11) is 1.44. The van der Waals surface area contributed by atoms with Crippen LogP contribution in [0.15, 0.2) is 23.7 Å². The first kappa shape index (κ1) is 23.2. The highest BCUT2D eigenvalue weighted by molar-refractivity contribution is 7.16. The number of thiazole rings is 2. The Morgan fingerprint density at radius 3 is 2.68 bits per heavy atom. The third-order valence-electron chi connectivity index (χ3n) is 6.28. The maximum absolute atomic E-state index is 11.9. The van der Waals surface area contributed by atoms with Gasteiger partial charge in [-0.3, -0.25) is 4.90 Å². The second kappa shape index (κ2) is 9.95. The molecule has 0 spiro atoms. The molecule has 0 radical (unpaired) electrons. The first-order valence-corrected chi connectivity index (χ1v) is 13.0. The number of rotatable bonds is 7. The minimum atomic E-state index is -0.236. The number of methoxy groups -OCH3 is 1. The number of fused-ring (bicyclic) bond motifs is 2. The number of amides is 1. The number of hydrogen-bond acceptors (Lipinski definition) is 10. The molecule has 1 N–H and O–H groups in total. The fraction of sp³-hybridized carbons (Fsp3) is 0.478. The molecule has 0 saturated carbocycles. The van der Waals surface area contributed by atoms with Gasteiger partial charge in [0.05, 0.1) is 35.0 Å². The quantitative estimate of drug-likeness (QED) is 0.499. The monoisotopic (exact) mass is 502 g/mol. The standard InChI is InChI=1S/C23H28N6O3S2.H2/c1-14-21(34-15(2)25-14)19-12-33-22(26-19)27-20-7-4-16(8-24-20)11-32-13-29-17-5-6-18(29)10-28(9-17)23(30)31-3;/h4,7-8,12,17-18H,5-6,9-11,13H2,1-3H3,(H,24,26,27);1H/t17-,18+;. The van der Waals surface area contributed by atoms with Gasteiger partial charge in [0.15, 0.2) is 5.13 Å². The number of carbonyl (C=O) groups excluding carboxylic acids is 1. The molecular weight excluding hydrogens is 472 g/mol. The topological polar surface area (TPSA) is 92.7 Å². The highest BCUT2D eigenvalue weighted by atomic mass is 32.1.